The zero-order valence-corrected chi connectivity index (χ0v) is 19.4. The van der Waals surface area contributed by atoms with Crippen LogP contribution in [0.25, 0.3) is 6.08 Å². The number of allylic oxidation sites excluding steroid dienone is 1. The van der Waals surface area contributed by atoms with Gasteiger partial charge in [0.15, 0.2) is 5.78 Å². The van der Waals surface area contributed by atoms with E-state index in [0.29, 0.717) is 5.92 Å². The Labute approximate surface area is 191 Å². The topological polar surface area (TPSA) is 90.7 Å². The highest BCUT2D eigenvalue weighted by atomic mass is 16.2. The minimum Gasteiger partial charge on any atom is -0.369 e. The van der Waals surface area contributed by atoms with Gasteiger partial charge in [0.25, 0.3) is 0 Å². The number of benzene rings is 1. The maximum atomic E-state index is 13.1. The van der Waals surface area contributed by atoms with Crippen LogP contribution in [0.2, 0.25) is 0 Å². The van der Waals surface area contributed by atoms with Crippen molar-refractivity contribution in [2.45, 2.75) is 44.2 Å². The number of nitrogens with two attached hydrogens (primary N) is 1. The van der Waals surface area contributed by atoms with E-state index in [1.54, 1.807) is 6.92 Å². The molecular formula is C25H37N5O2. The summed E-state index contributed by atoms with van der Waals surface area (Å²) in [7, 11) is 2.15. The molecule has 32 heavy (non-hydrogen) atoms. The first-order chi connectivity index (χ1) is 15.4. The Balaban J connectivity index is 1.68. The van der Waals surface area contributed by atoms with Gasteiger partial charge in [-0.1, -0.05) is 18.2 Å². The lowest BCUT2D eigenvalue weighted by Gasteiger charge is -2.36. The van der Waals surface area contributed by atoms with Crippen LogP contribution < -0.4 is 21.3 Å². The molecule has 1 saturated carbocycles. The second kappa shape index (κ2) is 9.73. The molecule has 3 fully saturated rings. The number of hydrogen-bond acceptors (Lipinski definition) is 6. The summed E-state index contributed by atoms with van der Waals surface area (Å²) in [6.07, 6.45) is 8.55. The number of ketones is 1. The fraction of sp³-hybridized carbons (Fsp3) is 0.600. The quantitative estimate of drug-likeness (QED) is 0.568. The predicted octanol–water partition coefficient (Wildman–Crippen LogP) is 1.47. The summed E-state index contributed by atoms with van der Waals surface area (Å²) in [5.41, 5.74) is 7.61. The van der Waals surface area contributed by atoms with Crippen molar-refractivity contribution in [1.29, 1.82) is 0 Å². The van der Waals surface area contributed by atoms with E-state index in [0.717, 1.165) is 62.4 Å². The highest BCUT2D eigenvalue weighted by Gasteiger charge is 2.39. The van der Waals surface area contributed by atoms with Crippen molar-refractivity contribution < 1.29 is 9.59 Å². The summed E-state index contributed by atoms with van der Waals surface area (Å²) in [6, 6.07) is 6.00. The molecule has 1 aromatic rings. The average Bonchev–Trinajstić information content (AvgIpc) is 3.47. The van der Waals surface area contributed by atoms with Crippen LogP contribution in [0.4, 0.5) is 5.69 Å². The molecule has 1 aromatic carbocycles. The van der Waals surface area contributed by atoms with Crippen LogP contribution in [-0.2, 0) is 15.1 Å². The second-order valence-electron chi connectivity index (χ2n) is 9.65. The predicted molar refractivity (Wildman–Crippen MR) is 128 cm³/mol. The van der Waals surface area contributed by atoms with Gasteiger partial charge in [0, 0.05) is 31.9 Å². The summed E-state index contributed by atoms with van der Waals surface area (Å²) in [5, 5.41) is 6.29. The first-order valence-electron chi connectivity index (χ1n) is 12.0. The van der Waals surface area contributed by atoms with E-state index in [4.69, 9.17) is 5.73 Å². The van der Waals surface area contributed by atoms with Crippen LogP contribution in [-0.4, -0.2) is 68.9 Å². The number of carbonyl (C=O) groups excluding carboxylic acids is 2. The van der Waals surface area contributed by atoms with Crippen LogP contribution in [0, 0.1) is 5.92 Å². The molecule has 4 N–H and O–H groups in total. The number of nitrogens with zero attached hydrogens (tertiary/aromatic N) is 2. The first-order valence-corrected chi connectivity index (χ1v) is 12.0. The van der Waals surface area contributed by atoms with Gasteiger partial charge in [-0.15, -0.1) is 0 Å². The summed E-state index contributed by atoms with van der Waals surface area (Å²) < 4.78 is 0. The van der Waals surface area contributed by atoms with Crippen LogP contribution in [0.15, 0.2) is 24.3 Å². The number of rotatable bonds is 8. The molecule has 7 nitrogen and oxygen atoms in total. The monoisotopic (exact) mass is 439 g/mol. The first kappa shape index (κ1) is 23.0. The Kier molecular flexibility index (Phi) is 6.98. The molecule has 174 valence electrons. The molecule has 1 aliphatic carbocycles. The van der Waals surface area contributed by atoms with E-state index in [-0.39, 0.29) is 24.3 Å². The SMILES string of the molecule is CN1CCN(c2ccc([C@](C)(NC(=O)[C@@H]3CCCN3)C(=O)CN)c(/C=C/C3CC3)c2)CC1. The van der Waals surface area contributed by atoms with E-state index in [1.165, 1.54) is 12.8 Å². The molecule has 0 bridgehead atoms. The van der Waals surface area contributed by atoms with Crippen molar-refractivity contribution >= 4 is 23.5 Å². The van der Waals surface area contributed by atoms with E-state index < -0.39 is 5.54 Å². The molecule has 0 aromatic heterocycles. The van der Waals surface area contributed by atoms with Gasteiger partial charge in [-0.25, -0.2) is 0 Å². The molecule has 2 heterocycles. The third-order valence-corrected chi connectivity index (χ3v) is 7.11. The molecule has 1 amide bonds. The largest absolute Gasteiger partial charge is 0.369 e. The van der Waals surface area contributed by atoms with Gasteiger partial charge < -0.3 is 26.2 Å². The number of likely N-dealkylation sites (N-methyl/N-ethyl adjacent to an activating group) is 1. The highest BCUT2D eigenvalue weighted by molar-refractivity contribution is 5.97. The fourth-order valence-corrected chi connectivity index (χ4v) is 4.67. The molecule has 2 saturated heterocycles. The van der Waals surface area contributed by atoms with Gasteiger partial charge in [-0.2, -0.15) is 0 Å². The molecule has 0 radical (unpaired) electrons. The molecule has 7 heteroatoms. The van der Waals surface area contributed by atoms with Crippen molar-refractivity contribution in [3.63, 3.8) is 0 Å². The number of carbonyl (C=O) groups is 2. The highest BCUT2D eigenvalue weighted by Crippen LogP contribution is 2.34. The van der Waals surface area contributed by atoms with E-state index in [2.05, 4.69) is 51.8 Å². The van der Waals surface area contributed by atoms with Gasteiger partial charge in [-0.05, 0) is 75.4 Å². The Morgan fingerprint density at radius 3 is 2.59 bits per heavy atom. The number of piperazine rings is 1. The van der Waals surface area contributed by atoms with Crippen molar-refractivity contribution in [2.75, 3.05) is 51.2 Å². The molecule has 0 spiro atoms. The van der Waals surface area contributed by atoms with Crippen molar-refractivity contribution in [1.82, 2.24) is 15.5 Å². The molecule has 2 atom stereocenters. The van der Waals surface area contributed by atoms with Gasteiger partial charge >= 0.3 is 0 Å². The van der Waals surface area contributed by atoms with Crippen molar-refractivity contribution in [3.05, 3.63) is 35.4 Å². The molecular weight excluding hydrogens is 402 g/mol. The van der Waals surface area contributed by atoms with Crippen LogP contribution in [0.5, 0.6) is 0 Å². The number of nitrogens with one attached hydrogen (secondary N) is 2. The Hall–Kier alpha value is -2.22. The zero-order chi connectivity index (χ0) is 22.7. The number of amides is 1. The number of anilines is 1. The third kappa shape index (κ3) is 5.05. The molecule has 0 unspecified atom stereocenters. The molecule has 2 aliphatic heterocycles. The second-order valence-corrected chi connectivity index (χ2v) is 9.65. The van der Waals surface area contributed by atoms with E-state index in [9.17, 15) is 9.59 Å². The summed E-state index contributed by atoms with van der Waals surface area (Å²) in [5.74, 6) is 0.299. The lowest BCUT2D eigenvalue weighted by atomic mass is 9.83. The summed E-state index contributed by atoms with van der Waals surface area (Å²) >= 11 is 0. The van der Waals surface area contributed by atoms with Crippen LogP contribution in [0.1, 0.15) is 43.7 Å². The molecule has 4 rings (SSSR count). The van der Waals surface area contributed by atoms with E-state index >= 15 is 0 Å². The lowest BCUT2D eigenvalue weighted by molar-refractivity contribution is -0.132. The average molecular weight is 440 g/mol. The summed E-state index contributed by atoms with van der Waals surface area (Å²) in [6.45, 7) is 6.52. The maximum absolute atomic E-state index is 13.1. The van der Waals surface area contributed by atoms with Gasteiger partial charge in [0.1, 0.15) is 5.54 Å². The zero-order valence-electron chi connectivity index (χ0n) is 19.4. The van der Waals surface area contributed by atoms with Crippen LogP contribution >= 0.6 is 0 Å². The molecule has 3 aliphatic rings. The van der Waals surface area contributed by atoms with E-state index in [1.807, 2.05) is 6.07 Å². The van der Waals surface area contributed by atoms with Gasteiger partial charge in [0.2, 0.25) is 5.91 Å². The maximum Gasteiger partial charge on any atom is 0.238 e. The lowest BCUT2D eigenvalue weighted by Crippen LogP contribution is -2.56. The minimum atomic E-state index is -1.17. The van der Waals surface area contributed by atoms with Gasteiger partial charge in [-0.3, -0.25) is 9.59 Å². The minimum absolute atomic E-state index is 0.124. The normalized spacial score (nSPS) is 24.0. The Bertz CT molecular complexity index is 867. The standard InChI is InChI=1S/C25H37N5O2/c1-25(23(31)17-26,28-24(32)22-4-3-11-27-22)21-10-9-20(30-14-12-29(2)13-15-30)16-19(21)8-7-18-5-6-18/h7-10,16,18,22,27H,3-6,11-15,17,26H2,1-2H3,(H,28,32)/b8-7+/t22-,25-/m0/s1. The Morgan fingerprint density at radius 1 is 1.22 bits per heavy atom. The third-order valence-electron chi connectivity index (χ3n) is 7.11. The summed E-state index contributed by atoms with van der Waals surface area (Å²) in [4.78, 5) is 30.8. The number of hydrogen-bond donors (Lipinski definition) is 3. The fourth-order valence-electron chi connectivity index (χ4n) is 4.67. The van der Waals surface area contributed by atoms with Gasteiger partial charge in [0.05, 0.1) is 12.6 Å². The smallest absolute Gasteiger partial charge is 0.238 e. The Morgan fingerprint density at radius 2 is 1.97 bits per heavy atom. The van der Waals surface area contributed by atoms with Crippen molar-refractivity contribution in [2.24, 2.45) is 11.7 Å². The van der Waals surface area contributed by atoms with Crippen LogP contribution in [0.3, 0.4) is 0 Å². The number of Topliss-reactive ketones (excluding diaryl/α,β-unsaturated/α-hetero) is 1. The van der Waals surface area contributed by atoms with Crippen molar-refractivity contribution in [3.8, 4) is 0 Å².